The van der Waals surface area contributed by atoms with Crippen LogP contribution in [-0.4, -0.2) is 15.8 Å². The molecule has 3 nitrogen and oxygen atoms in total. The van der Waals surface area contributed by atoms with E-state index < -0.39 is 0 Å². The van der Waals surface area contributed by atoms with Gasteiger partial charge in [0, 0.05) is 12.4 Å². The fraction of sp³-hybridized carbons (Fsp3) is 0. The predicted octanol–water partition coefficient (Wildman–Crippen LogP) is 2.42. The summed E-state index contributed by atoms with van der Waals surface area (Å²) in [5.74, 6) is -0.182. The number of aromatic nitrogens is 2. The highest BCUT2D eigenvalue weighted by Gasteiger charge is 2.15. The van der Waals surface area contributed by atoms with Gasteiger partial charge in [-0.25, -0.2) is 4.98 Å². The van der Waals surface area contributed by atoms with Crippen molar-refractivity contribution in [2.75, 3.05) is 0 Å². The van der Waals surface area contributed by atoms with Crippen LogP contribution in [0.25, 0.3) is 0 Å². The van der Waals surface area contributed by atoms with Crippen molar-refractivity contribution in [3.63, 3.8) is 0 Å². The Labute approximate surface area is 89.4 Å². The van der Waals surface area contributed by atoms with E-state index in [1.54, 1.807) is 11.4 Å². The number of rotatable bonds is 2. The normalized spacial score (nSPS) is 10.1. The van der Waals surface area contributed by atoms with Gasteiger partial charge in [-0.1, -0.05) is 11.6 Å². The third-order valence-electron chi connectivity index (χ3n) is 1.62. The van der Waals surface area contributed by atoms with Crippen molar-refractivity contribution in [2.24, 2.45) is 0 Å². The number of thiophene rings is 1. The molecular formula is C9H5ClN2OS. The van der Waals surface area contributed by atoms with Gasteiger partial charge in [-0.2, -0.15) is 0 Å². The van der Waals surface area contributed by atoms with E-state index in [0.29, 0.717) is 15.6 Å². The van der Waals surface area contributed by atoms with E-state index in [0.717, 1.165) is 0 Å². The van der Waals surface area contributed by atoms with Crippen LogP contribution >= 0.6 is 22.9 Å². The van der Waals surface area contributed by atoms with Crippen LogP contribution in [0.2, 0.25) is 5.02 Å². The standard InChI is InChI=1S/C9H5ClN2OS/c10-6-1-4-14-9(6)8(13)7-5-11-2-3-12-7/h1-5H. The molecule has 0 aromatic carbocycles. The number of carbonyl (C=O) groups excluding carboxylic acids is 1. The Morgan fingerprint density at radius 2 is 2.29 bits per heavy atom. The van der Waals surface area contributed by atoms with Crippen molar-refractivity contribution < 1.29 is 4.79 Å². The Bertz CT molecular complexity index is 455. The Kier molecular flexibility index (Phi) is 2.56. The molecular weight excluding hydrogens is 220 g/mol. The van der Waals surface area contributed by atoms with Crippen LogP contribution in [0.3, 0.4) is 0 Å². The molecule has 0 radical (unpaired) electrons. The molecule has 0 aliphatic heterocycles. The van der Waals surface area contributed by atoms with E-state index in [-0.39, 0.29) is 5.78 Å². The molecule has 2 aromatic heterocycles. The summed E-state index contributed by atoms with van der Waals surface area (Å²) in [5, 5.41) is 2.23. The molecule has 2 rings (SSSR count). The van der Waals surface area contributed by atoms with Crippen molar-refractivity contribution >= 4 is 28.7 Å². The molecule has 0 unspecified atom stereocenters. The summed E-state index contributed by atoms with van der Waals surface area (Å²) in [6.07, 6.45) is 4.43. The van der Waals surface area contributed by atoms with E-state index in [1.807, 2.05) is 0 Å². The third-order valence-corrected chi connectivity index (χ3v) is 2.96. The minimum Gasteiger partial charge on any atom is -0.286 e. The molecule has 0 atom stereocenters. The smallest absolute Gasteiger partial charge is 0.224 e. The molecule has 0 aliphatic carbocycles. The monoisotopic (exact) mass is 224 g/mol. The summed E-state index contributed by atoms with van der Waals surface area (Å²) in [4.78, 5) is 20.0. The van der Waals surface area contributed by atoms with Crippen molar-refractivity contribution in [1.82, 2.24) is 9.97 Å². The average Bonchev–Trinajstić information content (AvgIpc) is 2.65. The maximum Gasteiger partial charge on any atom is 0.224 e. The van der Waals surface area contributed by atoms with E-state index in [2.05, 4.69) is 9.97 Å². The number of halogens is 1. The molecule has 0 N–H and O–H groups in total. The van der Waals surface area contributed by atoms with Crippen molar-refractivity contribution in [3.05, 3.63) is 45.6 Å². The first-order valence-electron chi connectivity index (χ1n) is 3.83. The summed E-state index contributed by atoms with van der Waals surface area (Å²) in [5.41, 5.74) is 0.317. The third kappa shape index (κ3) is 1.66. The van der Waals surface area contributed by atoms with Crippen LogP contribution in [0.5, 0.6) is 0 Å². The van der Waals surface area contributed by atoms with Gasteiger partial charge in [0.25, 0.3) is 0 Å². The molecule has 0 spiro atoms. The number of ketones is 1. The molecule has 2 heterocycles. The molecule has 0 saturated carbocycles. The molecule has 14 heavy (non-hydrogen) atoms. The lowest BCUT2D eigenvalue weighted by Crippen LogP contribution is -2.02. The second-order valence-electron chi connectivity index (χ2n) is 2.52. The van der Waals surface area contributed by atoms with E-state index in [4.69, 9.17) is 11.6 Å². The van der Waals surface area contributed by atoms with Crippen molar-refractivity contribution in [1.29, 1.82) is 0 Å². The molecule has 0 bridgehead atoms. The summed E-state index contributed by atoms with van der Waals surface area (Å²) < 4.78 is 0. The molecule has 2 aromatic rings. The van der Waals surface area contributed by atoms with Crippen LogP contribution in [0.4, 0.5) is 0 Å². The van der Waals surface area contributed by atoms with E-state index >= 15 is 0 Å². The average molecular weight is 225 g/mol. The maximum atomic E-state index is 11.8. The van der Waals surface area contributed by atoms with Crippen LogP contribution in [-0.2, 0) is 0 Å². The first-order valence-corrected chi connectivity index (χ1v) is 5.08. The summed E-state index contributed by atoms with van der Waals surface area (Å²) in [7, 11) is 0. The lowest BCUT2D eigenvalue weighted by molar-refractivity contribution is 0.103. The Hall–Kier alpha value is -1.26. The SMILES string of the molecule is O=C(c1cnccn1)c1sccc1Cl. The zero-order valence-corrected chi connectivity index (χ0v) is 8.55. The van der Waals surface area contributed by atoms with Crippen LogP contribution in [0, 0.1) is 0 Å². The van der Waals surface area contributed by atoms with Gasteiger partial charge in [0.2, 0.25) is 5.78 Å². The second-order valence-corrected chi connectivity index (χ2v) is 3.84. The van der Waals surface area contributed by atoms with Gasteiger partial charge in [0.1, 0.15) is 5.69 Å². The Morgan fingerprint density at radius 1 is 1.43 bits per heavy atom. The fourth-order valence-electron chi connectivity index (χ4n) is 0.988. The van der Waals surface area contributed by atoms with Crippen LogP contribution in [0.15, 0.2) is 30.0 Å². The summed E-state index contributed by atoms with van der Waals surface area (Å²) >= 11 is 7.13. The molecule has 0 saturated heterocycles. The molecule has 0 amide bonds. The first-order chi connectivity index (χ1) is 6.79. The van der Waals surface area contributed by atoms with E-state index in [9.17, 15) is 4.79 Å². The van der Waals surface area contributed by atoms with Gasteiger partial charge >= 0.3 is 0 Å². The lowest BCUT2D eigenvalue weighted by atomic mass is 10.2. The van der Waals surface area contributed by atoms with Gasteiger partial charge in [-0.15, -0.1) is 11.3 Å². The zero-order valence-electron chi connectivity index (χ0n) is 6.98. The van der Waals surface area contributed by atoms with Crippen LogP contribution < -0.4 is 0 Å². The highest BCUT2D eigenvalue weighted by Crippen LogP contribution is 2.23. The highest BCUT2D eigenvalue weighted by atomic mass is 35.5. The first kappa shape index (κ1) is 9.30. The van der Waals surface area contributed by atoms with Gasteiger partial charge in [-0.3, -0.25) is 9.78 Å². The van der Waals surface area contributed by atoms with Crippen LogP contribution in [0.1, 0.15) is 15.4 Å². The summed E-state index contributed by atoms with van der Waals surface area (Å²) in [6, 6.07) is 1.69. The molecule has 0 aliphatic rings. The second kappa shape index (κ2) is 3.86. The van der Waals surface area contributed by atoms with Crippen molar-refractivity contribution in [3.8, 4) is 0 Å². The largest absolute Gasteiger partial charge is 0.286 e. The highest BCUT2D eigenvalue weighted by molar-refractivity contribution is 7.13. The molecule has 5 heteroatoms. The van der Waals surface area contributed by atoms with Gasteiger partial charge in [0.05, 0.1) is 16.1 Å². The fourth-order valence-corrected chi connectivity index (χ4v) is 2.08. The summed E-state index contributed by atoms with van der Waals surface area (Å²) in [6.45, 7) is 0. The Morgan fingerprint density at radius 3 is 2.86 bits per heavy atom. The zero-order chi connectivity index (χ0) is 9.97. The van der Waals surface area contributed by atoms with E-state index in [1.165, 1.54) is 29.9 Å². The van der Waals surface area contributed by atoms with Crippen molar-refractivity contribution in [2.45, 2.75) is 0 Å². The molecule has 70 valence electrons. The number of carbonyl (C=O) groups is 1. The predicted molar refractivity (Wildman–Crippen MR) is 54.8 cm³/mol. The quantitative estimate of drug-likeness (QED) is 0.736. The number of hydrogen-bond acceptors (Lipinski definition) is 4. The van der Waals surface area contributed by atoms with Gasteiger partial charge in [-0.05, 0) is 11.4 Å². The lowest BCUT2D eigenvalue weighted by Gasteiger charge is -1.95. The molecule has 0 fully saturated rings. The number of nitrogens with zero attached hydrogens (tertiary/aromatic N) is 2. The number of hydrogen-bond donors (Lipinski definition) is 0. The maximum absolute atomic E-state index is 11.8. The Balaban J connectivity index is 2.39. The minimum absolute atomic E-state index is 0.182. The minimum atomic E-state index is -0.182. The topological polar surface area (TPSA) is 42.9 Å². The van der Waals surface area contributed by atoms with Gasteiger partial charge in [0.15, 0.2) is 0 Å². The van der Waals surface area contributed by atoms with Gasteiger partial charge < -0.3 is 0 Å².